The fourth-order valence-corrected chi connectivity index (χ4v) is 5.32. The highest BCUT2D eigenvalue weighted by molar-refractivity contribution is 7.99. The molecule has 2 heterocycles. The van der Waals surface area contributed by atoms with E-state index >= 15 is 0 Å². The number of esters is 1. The summed E-state index contributed by atoms with van der Waals surface area (Å²) in [6.07, 6.45) is 2.18. The summed E-state index contributed by atoms with van der Waals surface area (Å²) in [5.41, 5.74) is 2.61. The number of nitrogens with one attached hydrogen (secondary N) is 3. The van der Waals surface area contributed by atoms with E-state index in [9.17, 15) is 14.4 Å². The number of rotatable bonds is 11. The number of benzene rings is 3. The van der Waals surface area contributed by atoms with E-state index in [1.807, 2.05) is 78.9 Å². The van der Waals surface area contributed by atoms with Gasteiger partial charge < -0.3 is 30.0 Å². The number of fused-ring (bicyclic) bond motifs is 1. The van der Waals surface area contributed by atoms with Crippen LogP contribution in [0.3, 0.4) is 0 Å². The third-order valence-corrected chi connectivity index (χ3v) is 7.53. The van der Waals surface area contributed by atoms with E-state index in [-0.39, 0.29) is 19.2 Å². The number of hydrogen-bond acceptors (Lipinski definition) is 9. The zero-order valence-electron chi connectivity index (χ0n) is 26.2. The molecule has 0 fully saturated rings. The second kappa shape index (κ2) is 15.2. The Morgan fingerprint density at radius 1 is 0.894 bits per heavy atom. The Balaban J connectivity index is 1.27. The summed E-state index contributed by atoms with van der Waals surface area (Å²) >= 11 is 1.35. The maximum atomic E-state index is 13.2. The molecule has 0 saturated carbocycles. The van der Waals surface area contributed by atoms with Gasteiger partial charge in [0, 0.05) is 17.1 Å². The molecule has 3 N–H and O–H groups in total. The molecule has 47 heavy (non-hydrogen) atoms. The predicted molar refractivity (Wildman–Crippen MR) is 178 cm³/mol. The Kier molecular flexibility index (Phi) is 10.7. The minimum absolute atomic E-state index is 0.00946. The van der Waals surface area contributed by atoms with Crippen molar-refractivity contribution < 1.29 is 23.9 Å². The van der Waals surface area contributed by atoms with E-state index in [4.69, 9.17) is 9.47 Å². The number of carbonyl (C=O) groups excluding carboxylic acids is 3. The first-order valence-electron chi connectivity index (χ1n) is 14.9. The molecule has 3 amide bonds. The van der Waals surface area contributed by atoms with Crippen LogP contribution in [0.1, 0.15) is 31.9 Å². The zero-order valence-corrected chi connectivity index (χ0v) is 27.0. The molecule has 0 spiro atoms. The van der Waals surface area contributed by atoms with Crippen LogP contribution >= 0.6 is 11.8 Å². The van der Waals surface area contributed by atoms with E-state index in [0.29, 0.717) is 28.4 Å². The number of ether oxygens (including phenoxy) is 2. The van der Waals surface area contributed by atoms with Crippen molar-refractivity contribution in [2.24, 2.45) is 0 Å². The minimum atomic E-state index is -1.09. The number of anilines is 1. The molecule has 242 valence electrons. The van der Waals surface area contributed by atoms with Gasteiger partial charge in [-0.05, 0) is 50.1 Å². The first-order valence-corrected chi connectivity index (χ1v) is 15.7. The molecule has 12 nitrogen and oxygen atoms in total. The molecule has 0 unspecified atom stereocenters. The smallest absolute Gasteiger partial charge is 0.408 e. The number of aromatic nitrogens is 4. The Morgan fingerprint density at radius 3 is 2.34 bits per heavy atom. The molecular weight excluding hydrogens is 618 g/mol. The van der Waals surface area contributed by atoms with Crippen LogP contribution in [-0.4, -0.2) is 49.3 Å². The Labute approximate surface area is 276 Å². The van der Waals surface area contributed by atoms with Gasteiger partial charge in [-0.1, -0.05) is 78.5 Å². The average Bonchev–Trinajstić information content (AvgIpc) is 3.46. The van der Waals surface area contributed by atoms with E-state index in [1.165, 1.54) is 24.4 Å². The van der Waals surface area contributed by atoms with Crippen molar-refractivity contribution in [1.29, 1.82) is 0 Å². The van der Waals surface area contributed by atoms with Gasteiger partial charge in [-0.25, -0.2) is 29.3 Å². The van der Waals surface area contributed by atoms with E-state index in [1.54, 1.807) is 31.4 Å². The summed E-state index contributed by atoms with van der Waals surface area (Å²) in [5.74, 6) is -0.628. The molecule has 13 heteroatoms. The summed E-state index contributed by atoms with van der Waals surface area (Å²) in [6.45, 7) is 5.69. The predicted octanol–water partition coefficient (Wildman–Crippen LogP) is 5.94. The number of amides is 3. The number of carbonyl (C=O) groups is 3. The number of hydrogen-bond donors (Lipinski definition) is 3. The third kappa shape index (κ3) is 9.78. The second-order valence-electron chi connectivity index (χ2n) is 11.5. The van der Waals surface area contributed by atoms with Crippen molar-refractivity contribution in [2.45, 2.75) is 62.0 Å². The molecule has 0 radical (unpaired) electrons. The first kappa shape index (κ1) is 32.9. The molecule has 5 rings (SSSR count). The van der Waals surface area contributed by atoms with Gasteiger partial charge in [0.05, 0.1) is 12.9 Å². The molecular formula is C34H35N7O5S. The molecule has 2 aromatic heterocycles. The molecule has 0 aliphatic heterocycles. The summed E-state index contributed by atoms with van der Waals surface area (Å²) in [4.78, 5) is 52.5. The summed E-state index contributed by atoms with van der Waals surface area (Å²) < 4.78 is 12.6. The van der Waals surface area contributed by atoms with E-state index < -0.39 is 23.7 Å². The molecule has 0 bridgehead atoms. The highest BCUT2D eigenvalue weighted by atomic mass is 32.2. The highest BCUT2D eigenvalue weighted by Gasteiger charge is 2.29. The minimum Gasteiger partial charge on any atom is -0.458 e. The lowest BCUT2D eigenvalue weighted by Crippen LogP contribution is -2.46. The number of imidazole rings is 1. The Bertz CT molecular complexity index is 1830. The number of nitrogens with zero attached hydrogens (tertiary/aromatic N) is 4. The van der Waals surface area contributed by atoms with E-state index in [0.717, 1.165) is 16.0 Å². The molecule has 3 aromatic carbocycles. The van der Waals surface area contributed by atoms with Gasteiger partial charge in [-0.3, -0.25) is 0 Å². The quantitative estimate of drug-likeness (QED) is 0.116. The molecule has 5 aromatic rings. The summed E-state index contributed by atoms with van der Waals surface area (Å²) in [7, 11) is 0. The maximum Gasteiger partial charge on any atom is 0.408 e. The largest absolute Gasteiger partial charge is 0.458 e. The highest BCUT2D eigenvalue weighted by Crippen LogP contribution is 2.31. The van der Waals surface area contributed by atoms with Crippen LogP contribution in [0, 0.1) is 0 Å². The van der Waals surface area contributed by atoms with Gasteiger partial charge in [0.25, 0.3) is 0 Å². The lowest BCUT2D eigenvalue weighted by atomic mass is 10.2. The standard InChI is InChI=1S/C34H35N7O5S/c1-34(2,3)46-31(42)27(40-33(44)45-20-24-13-8-5-9-14-24)19-41-22-38-28-29(41)36-21-37-30(28)47-26-16-10-15-25(17-26)39-32(43)35-18-23-11-6-4-7-12-23/h4-17,21-22,27H,18-20H2,1-3H3,(H,40,44)(H2,35,39,43)/t27-/m0/s1. The monoisotopic (exact) mass is 653 g/mol. The van der Waals surface area contributed by atoms with Gasteiger partial charge in [0.15, 0.2) is 5.65 Å². The van der Waals surface area contributed by atoms with Gasteiger partial charge in [-0.2, -0.15) is 0 Å². The average molecular weight is 654 g/mol. The van der Waals surface area contributed by atoms with Crippen molar-refractivity contribution in [3.8, 4) is 0 Å². The van der Waals surface area contributed by atoms with Crippen LogP contribution in [0.15, 0.2) is 108 Å². The van der Waals surface area contributed by atoms with E-state index in [2.05, 4.69) is 30.9 Å². The number of alkyl carbamates (subject to hydrolysis) is 1. The van der Waals surface area contributed by atoms with Crippen LogP contribution in [0.25, 0.3) is 11.2 Å². The van der Waals surface area contributed by atoms with Gasteiger partial charge in [-0.15, -0.1) is 0 Å². The normalized spacial score (nSPS) is 11.8. The van der Waals surface area contributed by atoms with Gasteiger partial charge >= 0.3 is 18.1 Å². The van der Waals surface area contributed by atoms with Gasteiger partial charge in [0.2, 0.25) is 0 Å². The summed E-state index contributed by atoms with van der Waals surface area (Å²) in [6, 6.07) is 24.8. The third-order valence-electron chi connectivity index (χ3n) is 6.55. The van der Waals surface area contributed by atoms with Crippen molar-refractivity contribution in [3.05, 3.63) is 109 Å². The van der Waals surface area contributed by atoms with Crippen LogP contribution in [0.2, 0.25) is 0 Å². The van der Waals surface area contributed by atoms with Crippen LogP contribution in [0.4, 0.5) is 15.3 Å². The van der Waals surface area contributed by atoms with Crippen LogP contribution in [-0.2, 0) is 34.0 Å². The number of urea groups is 1. The maximum absolute atomic E-state index is 13.2. The molecule has 0 aliphatic carbocycles. The molecule has 1 atom stereocenters. The van der Waals surface area contributed by atoms with Crippen LogP contribution < -0.4 is 16.0 Å². The van der Waals surface area contributed by atoms with Crippen LogP contribution in [0.5, 0.6) is 0 Å². The SMILES string of the molecule is CC(C)(C)OC(=O)[C@H](Cn1cnc2c(Sc3cccc(NC(=O)NCc4ccccc4)c3)ncnc21)NC(=O)OCc1ccccc1. The zero-order chi connectivity index (χ0) is 33.2. The lowest BCUT2D eigenvalue weighted by Gasteiger charge is -2.24. The van der Waals surface area contributed by atoms with Crippen molar-refractivity contribution in [3.63, 3.8) is 0 Å². The Morgan fingerprint density at radius 2 is 1.62 bits per heavy atom. The first-order chi connectivity index (χ1) is 22.6. The second-order valence-corrected chi connectivity index (χ2v) is 12.5. The summed E-state index contributed by atoms with van der Waals surface area (Å²) in [5, 5.41) is 8.91. The fraction of sp³-hybridized carbons (Fsp3) is 0.235. The topological polar surface area (TPSA) is 149 Å². The van der Waals surface area contributed by atoms with Crippen molar-refractivity contribution >= 4 is 46.7 Å². The van der Waals surface area contributed by atoms with Gasteiger partial charge in [0.1, 0.15) is 35.1 Å². The van der Waals surface area contributed by atoms with Crippen molar-refractivity contribution in [2.75, 3.05) is 5.32 Å². The Hall–Kier alpha value is -5.43. The lowest BCUT2D eigenvalue weighted by molar-refractivity contribution is -0.157. The fourth-order valence-electron chi connectivity index (χ4n) is 4.43. The van der Waals surface area contributed by atoms with Crippen molar-refractivity contribution in [1.82, 2.24) is 30.2 Å². The molecule has 0 aliphatic rings. The molecule has 0 saturated heterocycles.